The lowest BCUT2D eigenvalue weighted by atomic mass is 9.95. The van der Waals surface area contributed by atoms with Crippen LogP contribution in [0.2, 0.25) is 0 Å². The van der Waals surface area contributed by atoms with Gasteiger partial charge in [-0.3, -0.25) is 10.1 Å². The van der Waals surface area contributed by atoms with Crippen molar-refractivity contribution in [1.82, 2.24) is 0 Å². The molecule has 0 saturated heterocycles. The summed E-state index contributed by atoms with van der Waals surface area (Å²) in [5.74, 6) is -2.28. The van der Waals surface area contributed by atoms with Crippen LogP contribution in [0.15, 0.2) is 91.0 Å². The number of carboxylic acids is 2. The molecule has 0 fully saturated rings. The Hall–Kier alpha value is -4.98. The van der Waals surface area contributed by atoms with Crippen LogP contribution in [-0.4, -0.2) is 27.1 Å². The molecular weight excluding hydrogens is 450 g/mol. The van der Waals surface area contributed by atoms with Crippen molar-refractivity contribution in [3.8, 4) is 28.0 Å². The lowest BCUT2D eigenvalue weighted by Crippen LogP contribution is -2.03. The number of hydrogen-bond acceptors (Lipinski definition) is 5. The number of rotatable bonds is 8. The second-order valence-electron chi connectivity index (χ2n) is 7.68. The maximum absolute atomic E-state index is 12.1. The summed E-state index contributed by atoms with van der Waals surface area (Å²) in [5, 5.41) is 30.9. The highest BCUT2D eigenvalue weighted by Gasteiger charge is 2.24. The van der Waals surface area contributed by atoms with Crippen LogP contribution in [0.3, 0.4) is 0 Å². The largest absolute Gasteiger partial charge is 0.482 e. The van der Waals surface area contributed by atoms with E-state index < -0.39 is 16.9 Å². The third-order valence-corrected chi connectivity index (χ3v) is 5.36. The van der Waals surface area contributed by atoms with Crippen LogP contribution in [0.1, 0.15) is 26.3 Å². The maximum Gasteiger partial charge on any atom is 0.335 e. The Morgan fingerprint density at radius 1 is 0.743 bits per heavy atom. The van der Waals surface area contributed by atoms with Gasteiger partial charge in [0, 0.05) is 11.6 Å². The predicted molar refractivity (Wildman–Crippen MR) is 129 cm³/mol. The first-order valence-electron chi connectivity index (χ1n) is 10.5. The van der Waals surface area contributed by atoms with E-state index in [0.29, 0.717) is 22.3 Å². The van der Waals surface area contributed by atoms with Crippen molar-refractivity contribution in [2.45, 2.75) is 6.61 Å². The molecule has 0 aliphatic carbocycles. The van der Waals surface area contributed by atoms with Crippen LogP contribution < -0.4 is 4.74 Å². The number of ether oxygens (including phenoxy) is 1. The van der Waals surface area contributed by atoms with Crippen LogP contribution in [0.4, 0.5) is 5.69 Å². The second kappa shape index (κ2) is 9.88. The van der Waals surface area contributed by atoms with Gasteiger partial charge in [-0.25, -0.2) is 9.59 Å². The first-order chi connectivity index (χ1) is 16.8. The molecule has 0 atom stereocenters. The highest BCUT2D eigenvalue weighted by molar-refractivity contribution is 5.92. The molecule has 0 spiro atoms. The van der Waals surface area contributed by atoms with Gasteiger partial charge in [0.15, 0.2) is 0 Å². The fourth-order valence-corrected chi connectivity index (χ4v) is 3.66. The van der Waals surface area contributed by atoms with E-state index in [1.54, 1.807) is 30.3 Å². The molecule has 0 aliphatic rings. The van der Waals surface area contributed by atoms with Crippen molar-refractivity contribution >= 4 is 17.6 Å². The average Bonchev–Trinajstić information content (AvgIpc) is 2.87. The van der Waals surface area contributed by atoms with E-state index in [-0.39, 0.29) is 29.2 Å². The highest BCUT2D eigenvalue weighted by Crippen LogP contribution is 2.42. The minimum Gasteiger partial charge on any atom is -0.482 e. The Balaban J connectivity index is 1.92. The van der Waals surface area contributed by atoms with Crippen LogP contribution in [0, 0.1) is 10.1 Å². The van der Waals surface area contributed by atoms with Crippen molar-refractivity contribution in [3.63, 3.8) is 0 Å². The quantitative estimate of drug-likeness (QED) is 0.243. The molecule has 8 heteroatoms. The number of aromatic carboxylic acids is 2. The molecule has 2 N–H and O–H groups in total. The molecule has 0 radical (unpaired) electrons. The second-order valence-corrected chi connectivity index (χ2v) is 7.68. The highest BCUT2D eigenvalue weighted by atomic mass is 16.6. The Morgan fingerprint density at radius 3 is 1.94 bits per heavy atom. The molecule has 0 amide bonds. The molecule has 4 aromatic rings. The van der Waals surface area contributed by atoms with Gasteiger partial charge >= 0.3 is 17.6 Å². The number of nitro benzene ring substituents is 1. The van der Waals surface area contributed by atoms with Gasteiger partial charge in [0.05, 0.1) is 16.1 Å². The summed E-state index contributed by atoms with van der Waals surface area (Å²) in [4.78, 5) is 34.5. The first-order valence-corrected chi connectivity index (χ1v) is 10.5. The molecule has 4 rings (SSSR count). The normalized spacial score (nSPS) is 10.5. The fraction of sp³-hybridized carbons (Fsp3) is 0.0370. The van der Waals surface area contributed by atoms with Gasteiger partial charge in [0.2, 0.25) is 5.75 Å². The molecule has 8 nitrogen and oxygen atoms in total. The number of hydrogen-bond donors (Lipinski definition) is 2. The Labute approximate surface area is 199 Å². The lowest BCUT2D eigenvalue weighted by molar-refractivity contribution is -0.385. The van der Waals surface area contributed by atoms with Gasteiger partial charge in [0.1, 0.15) is 6.61 Å². The molecule has 0 bridgehead atoms. The van der Waals surface area contributed by atoms with Gasteiger partial charge in [-0.15, -0.1) is 0 Å². The van der Waals surface area contributed by atoms with E-state index >= 15 is 0 Å². The summed E-state index contributed by atoms with van der Waals surface area (Å²) in [6, 6.07) is 24.1. The van der Waals surface area contributed by atoms with Crippen LogP contribution in [-0.2, 0) is 6.61 Å². The number of carboxylic acid groups (broad SMARTS) is 2. The molecule has 0 aliphatic heterocycles. The number of benzene rings is 4. The summed E-state index contributed by atoms with van der Waals surface area (Å²) in [6.45, 7) is 0.0567. The third kappa shape index (κ3) is 5.17. The van der Waals surface area contributed by atoms with E-state index in [1.165, 1.54) is 30.3 Å². The van der Waals surface area contributed by atoms with Crippen molar-refractivity contribution in [3.05, 3.63) is 118 Å². The molecule has 0 unspecified atom stereocenters. The minimum absolute atomic E-state index is 0.0115. The zero-order valence-electron chi connectivity index (χ0n) is 18.3. The lowest BCUT2D eigenvalue weighted by Gasteiger charge is -2.15. The Bertz CT molecular complexity index is 1430. The molecule has 35 heavy (non-hydrogen) atoms. The Morgan fingerprint density at radius 2 is 1.34 bits per heavy atom. The zero-order valence-corrected chi connectivity index (χ0v) is 18.3. The van der Waals surface area contributed by atoms with Crippen molar-refractivity contribution < 1.29 is 29.5 Å². The smallest absolute Gasteiger partial charge is 0.335 e. The van der Waals surface area contributed by atoms with Crippen molar-refractivity contribution in [2.75, 3.05) is 0 Å². The monoisotopic (exact) mass is 469 g/mol. The number of nitro groups is 1. The van der Waals surface area contributed by atoms with E-state index in [2.05, 4.69) is 0 Å². The summed E-state index contributed by atoms with van der Waals surface area (Å²) < 4.78 is 5.94. The van der Waals surface area contributed by atoms with E-state index in [4.69, 9.17) is 4.74 Å². The molecular formula is C27H19NO7. The van der Waals surface area contributed by atoms with Gasteiger partial charge < -0.3 is 14.9 Å². The first kappa shape index (κ1) is 23.2. The predicted octanol–water partition coefficient (Wildman–Crippen LogP) is 5.90. The minimum atomic E-state index is -1.14. The Kier molecular flexibility index (Phi) is 6.55. The molecule has 174 valence electrons. The standard InChI is InChI=1S/C27H19NO7/c29-26(30)20-10-4-8-18(12-20)22-14-23(19-9-5-11-21(13-19)27(31)32)25(24(15-22)28(33)34)35-16-17-6-2-1-3-7-17/h1-15H,16H2,(H,29,30)(H,31,32). The summed E-state index contributed by atoms with van der Waals surface area (Å²) in [7, 11) is 0. The van der Waals surface area contributed by atoms with Crippen LogP contribution in [0.5, 0.6) is 5.75 Å². The SMILES string of the molecule is O=C(O)c1cccc(-c2cc(-c3cccc(C(=O)O)c3)c(OCc3ccccc3)c([N+](=O)[O-])c2)c1. The van der Waals surface area contributed by atoms with Gasteiger partial charge in [-0.05, 0) is 52.6 Å². The topological polar surface area (TPSA) is 127 Å². The molecule has 0 heterocycles. The summed E-state index contributed by atoms with van der Waals surface area (Å²) >= 11 is 0. The van der Waals surface area contributed by atoms with Gasteiger partial charge in [-0.1, -0.05) is 54.6 Å². The van der Waals surface area contributed by atoms with Crippen LogP contribution >= 0.6 is 0 Å². The third-order valence-electron chi connectivity index (χ3n) is 5.36. The van der Waals surface area contributed by atoms with E-state index in [9.17, 15) is 29.9 Å². The molecule has 0 aromatic heterocycles. The molecule has 0 saturated carbocycles. The summed E-state index contributed by atoms with van der Waals surface area (Å²) in [5.41, 5.74) is 2.09. The van der Waals surface area contributed by atoms with E-state index in [0.717, 1.165) is 5.56 Å². The van der Waals surface area contributed by atoms with Gasteiger partial charge in [0.25, 0.3) is 0 Å². The maximum atomic E-state index is 12.1. The van der Waals surface area contributed by atoms with E-state index in [1.807, 2.05) is 30.3 Å². The molecule has 4 aromatic carbocycles. The average molecular weight is 469 g/mol. The zero-order chi connectivity index (χ0) is 24.9. The number of carbonyl (C=O) groups is 2. The van der Waals surface area contributed by atoms with Gasteiger partial charge in [-0.2, -0.15) is 0 Å². The van der Waals surface area contributed by atoms with Crippen molar-refractivity contribution in [2.24, 2.45) is 0 Å². The summed E-state index contributed by atoms with van der Waals surface area (Å²) in [6.07, 6.45) is 0. The number of nitrogens with zero attached hydrogens (tertiary/aromatic N) is 1. The van der Waals surface area contributed by atoms with Crippen LogP contribution in [0.25, 0.3) is 22.3 Å². The van der Waals surface area contributed by atoms with Crippen molar-refractivity contribution in [1.29, 1.82) is 0 Å². The fourth-order valence-electron chi connectivity index (χ4n) is 3.66.